The van der Waals surface area contributed by atoms with E-state index < -0.39 is 0 Å². The van der Waals surface area contributed by atoms with Crippen molar-refractivity contribution in [1.29, 1.82) is 0 Å². The molecule has 134 valence electrons. The minimum Gasteiger partial charge on any atom is -0.286 e. The Morgan fingerprint density at radius 1 is 1.08 bits per heavy atom. The van der Waals surface area contributed by atoms with Crippen LogP contribution in [-0.4, -0.2) is 22.5 Å². The van der Waals surface area contributed by atoms with E-state index in [1.54, 1.807) is 11.0 Å². The molecule has 0 saturated carbocycles. The molecule has 1 aliphatic rings. The molecule has 0 unspecified atom stereocenters. The maximum atomic E-state index is 12.9. The minimum atomic E-state index is -0.0607. The van der Waals surface area contributed by atoms with Gasteiger partial charge >= 0.3 is 0 Å². The van der Waals surface area contributed by atoms with Crippen molar-refractivity contribution in [2.24, 2.45) is 10.9 Å². The molecular weight excluding hydrogens is 387 g/mol. The summed E-state index contributed by atoms with van der Waals surface area (Å²) in [5.41, 5.74) is 1.46. The number of halogens is 2. The van der Waals surface area contributed by atoms with E-state index in [-0.39, 0.29) is 5.91 Å². The minimum absolute atomic E-state index is 0.0607. The SMILES string of the molecule is CC(C)CN1C(=O)/C(=C\c2ccccc2Cl)SC1=Nc1ccccc1Cl. The van der Waals surface area contributed by atoms with E-state index in [1.807, 2.05) is 48.5 Å². The summed E-state index contributed by atoms with van der Waals surface area (Å²) < 4.78 is 0. The standard InChI is InChI=1S/C20H18Cl2N2OS/c1-13(2)12-24-19(25)18(11-14-7-3-4-8-15(14)21)26-20(24)23-17-10-6-5-9-16(17)22/h3-11,13H,12H2,1-2H3/b18-11+,23-20?. The second-order valence-electron chi connectivity index (χ2n) is 6.29. The quantitative estimate of drug-likeness (QED) is 0.563. The normalized spacial score (nSPS) is 17.7. The van der Waals surface area contributed by atoms with Crippen molar-refractivity contribution in [3.05, 3.63) is 69.0 Å². The number of amidine groups is 1. The van der Waals surface area contributed by atoms with Gasteiger partial charge in [0.2, 0.25) is 0 Å². The number of hydrogen-bond donors (Lipinski definition) is 0. The number of thioether (sulfide) groups is 1. The van der Waals surface area contributed by atoms with Crippen LogP contribution in [0, 0.1) is 5.92 Å². The molecule has 3 rings (SSSR count). The van der Waals surface area contributed by atoms with Gasteiger partial charge in [0.25, 0.3) is 5.91 Å². The molecule has 6 heteroatoms. The van der Waals surface area contributed by atoms with Crippen molar-refractivity contribution in [1.82, 2.24) is 4.90 Å². The Balaban J connectivity index is 2.00. The van der Waals surface area contributed by atoms with Crippen molar-refractivity contribution in [2.75, 3.05) is 6.54 Å². The Morgan fingerprint density at radius 2 is 1.73 bits per heavy atom. The van der Waals surface area contributed by atoms with Gasteiger partial charge in [-0.05, 0) is 47.5 Å². The van der Waals surface area contributed by atoms with E-state index >= 15 is 0 Å². The van der Waals surface area contributed by atoms with Crippen molar-refractivity contribution in [3.63, 3.8) is 0 Å². The molecule has 2 aromatic carbocycles. The number of rotatable bonds is 4. The number of carbonyl (C=O) groups is 1. The molecule has 0 spiro atoms. The van der Waals surface area contributed by atoms with Crippen molar-refractivity contribution < 1.29 is 4.79 Å². The van der Waals surface area contributed by atoms with E-state index in [0.29, 0.717) is 38.3 Å². The third-order valence-corrected chi connectivity index (χ3v) is 5.37. The molecule has 3 nitrogen and oxygen atoms in total. The summed E-state index contributed by atoms with van der Waals surface area (Å²) in [4.78, 5) is 19.9. The van der Waals surface area contributed by atoms with Gasteiger partial charge in [0.05, 0.1) is 15.6 Å². The van der Waals surface area contributed by atoms with Gasteiger partial charge in [-0.3, -0.25) is 9.69 Å². The molecule has 1 fully saturated rings. The molecule has 0 bridgehead atoms. The summed E-state index contributed by atoms with van der Waals surface area (Å²) in [5, 5.41) is 1.80. The zero-order valence-electron chi connectivity index (χ0n) is 14.4. The Labute approximate surface area is 167 Å². The van der Waals surface area contributed by atoms with Crippen molar-refractivity contribution in [2.45, 2.75) is 13.8 Å². The molecule has 26 heavy (non-hydrogen) atoms. The molecule has 2 aromatic rings. The predicted molar refractivity (Wildman–Crippen MR) is 112 cm³/mol. The third kappa shape index (κ3) is 4.32. The van der Waals surface area contributed by atoms with Gasteiger partial charge in [-0.15, -0.1) is 0 Å². The lowest BCUT2D eigenvalue weighted by molar-refractivity contribution is -0.122. The van der Waals surface area contributed by atoms with E-state index in [1.165, 1.54) is 11.8 Å². The number of hydrogen-bond acceptors (Lipinski definition) is 3. The first-order valence-electron chi connectivity index (χ1n) is 8.25. The van der Waals surface area contributed by atoms with Crippen LogP contribution in [0.2, 0.25) is 10.0 Å². The molecule has 1 amide bonds. The van der Waals surface area contributed by atoms with Gasteiger partial charge in [-0.2, -0.15) is 0 Å². The van der Waals surface area contributed by atoms with Crippen LogP contribution >= 0.6 is 35.0 Å². The number of benzene rings is 2. The highest BCUT2D eigenvalue weighted by Gasteiger charge is 2.34. The fourth-order valence-electron chi connectivity index (χ4n) is 2.50. The zero-order chi connectivity index (χ0) is 18.7. The predicted octanol–water partition coefficient (Wildman–Crippen LogP) is 6.25. The van der Waals surface area contributed by atoms with Gasteiger partial charge in [0.15, 0.2) is 5.17 Å². The first kappa shape index (κ1) is 19.0. The van der Waals surface area contributed by atoms with Crippen LogP contribution in [0.5, 0.6) is 0 Å². The highest BCUT2D eigenvalue weighted by Crippen LogP contribution is 2.36. The van der Waals surface area contributed by atoms with Crippen LogP contribution in [-0.2, 0) is 4.79 Å². The number of amides is 1. The molecular formula is C20H18Cl2N2OS. The molecule has 0 aliphatic carbocycles. The molecule has 1 aliphatic heterocycles. The Hall–Kier alpha value is -1.75. The molecule has 1 heterocycles. The van der Waals surface area contributed by atoms with Crippen LogP contribution in [0.25, 0.3) is 6.08 Å². The molecule has 0 atom stereocenters. The fourth-order valence-corrected chi connectivity index (χ4v) is 3.86. The Bertz CT molecular complexity index is 893. The lowest BCUT2D eigenvalue weighted by atomic mass is 10.2. The number of aliphatic imine (C=N–C) groups is 1. The van der Waals surface area contributed by atoms with Crippen LogP contribution in [0.15, 0.2) is 58.4 Å². The van der Waals surface area contributed by atoms with Crippen LogP contribution < -0.4 is 0 Å². The van der Waals surface area contributed by atoms with E-state index in [4.69, 9.17) is 23.2 Å². The topological polar surface area (TPSA) is 32.7 Å². The van der Waals surface area contributed by atoms with Crippen molar-refractivity contribution in [3.8, 4) is 0 Å². The first-order valence-corrected chi connectivity index (χ1v) is 9.82. The van der Waals surface area contributed by atoms with Gasteiger partial charge in [0, 0.05) is 11.6 Å². The first-order chi connectivity index (χ1) is 12.5. The number of nitrogens with zero attached hydrogens (tertiary/aromatic N) is 2. The van der Waals surface area contributed by atoms with Gasteiger partial charge < -0.3 is 0 Å². The second-order valence-corrected chi connectivity index (χ2v) is 8.11. The van der Waals surface area contributed by atoms with E-state index in [9.17, 15) is 4.79 Å². The van der Waals surface area contributed by atoms with Gasteiger partial charge in [-0.1, -0.05) is 67.4 Å². The third-order valence-electron chi connectivity index (χ3n) is 3.70. The van der Waals surface area contributed by atoms with E-state index in [2.05, 4.69) is 18.8 Å². The Morgan fingerprint density at radius 3 is 2.38 bits per heavy atom. The maximum Gasteiger partial charge on any atom is 0.266 e. The zero-order valence-corrected chi connectivity index (χ0v) is 16.8. The van der Waals surface area contributed by atoms with Gasteiger partial charge in [0.1, 0.15) is 0 Å². The highest BCUT2D eigenvalue weighted by atomic mass is 35.5. The largest absolute Gasteiger partial charge is 0.286 e. The average Bonchev–Trinajstić information content (AvgIpc) is 2.87. The summed E-state index contributed by atoms with van der Waals surface area (Å²) >= 11 is 13.8. The van der Waals surface area contributed by atoms with Crippen LogP contribution in [0.4, 0.5) is 5.69 Å². The fraction of sp³-hybridized carbons (Fsp3) is 0.200. The number of para-hydroxylation sites is 1. The summed E-state index contributed by atoms with van der Waals surface area (Å²) in [5.74, 6) is 0.255. The second kappa shape index (κ2) is 8.30. The summed E-state index contributed by atoms with van der Waals surface area (Å²) in [7, 11) is 0. The smallest absolute Gasteiger partial charge is 0.266 e. The lowest BCUT2D eigenvalue weighted by Gasteiger charge is -2.17. The maximum absolute atomic E-state index is 12.9. The van der Waals surface area contributed by atoms with E-state index in [0.717, 1.165) is 5.56 Å². The Kier molecular flexibility index (Phi) is 6.07. The average molecular weight is 405 g/mol. The molecule has 0 radical (unpaired) electrons. The lowest BCUT2D eigenvalue weighted by Crippen LogP contribution is -2.32. The molecule has 0 N–H and O–H groups in total. The van der Waals surface area contributed by atoms with Crippen LogP contribution in [0.1, 0.15) is 19.4 Å². The monoisotopic (exact) mass is 404 g/mol. The molecule has 0 aromatic heterocycles. The highest BCUT2D eigenvalue weighted by molar-refractivity contribution is 8.18. The summed E-state index contributed by atoms with van der Waals surface area (Å²) in [6, 6.07) is 14.8. The van der Waals surface area contributed by atoms with Crippen molar-refractivity contribution >= 4 is 57.8 Å². The van der Waals surface area contributed by atoms with Crippen LogP contribution in [0.3, 0.4) is 0 Å². The number of carbonyl (C=O) groups excluding carboxylic acids is 1. The summed E-state index contributed by atoms with van der Waals surface area (Å²) in [6.45, 7) is 4.73. The summed E-state index contributed by atoms with van der Waals surface area (Å²) in [6.07, 6.45) is 1.82. The van der Waals surface area contributed by atoms with Gasteiger partial charge in [-0.25, -0.2) is 4.99 Å². The molecule has 1 saturated heterocycles.